The summed E-state index contributed by atoms with van der Waals surface area (Å²) in [4.78, 5) is 21.8. The Kier molecular flexibility index (Phi) is 7.38. The lowest BCUT2D eigenvalue weighted by molar-refractivity contribution is -0.143. The molecule has 0 radical (unpaired) electrons. The molecule has 3 aliphatic heterocycles. The summed E-state index contributed by atoms with van der Waals surface area (Å²) in [5, 5.41) is 3.93. The summed E-state index contributed by atoms with van der Waals surface area (Å²) in [6.07, 6.45) is -0.737. The van der Waals surface area contributed by atoms with Crippen molar-refractivity contribution in [1.29, 1.82) is 0 Å². The second kappa shape index (κ2) is 10.3. The van der Waals surface area contributed by atoms with E-state index >= 15 is 0 Å². The lowest BCUT2D eigenvalue weighted by Crippen LogP contribution is -2.50. The number of fused-ring (bicyclic) bond motifs is 2. The van der Waals surface area contributed by atoms with Crippen molar-refractivity contribution in [1.82, 2.24) is 20.1 Å². The number of rotatable bonds is 5. The van der Waals surface area contributed by atoms with Gasteiger partial charge in [-0.3, -0.25) is 9.78 Å². The fourth-order valence-electron chi connectivity index (χ4n) is 6.73. The molecule has 4 heterocycles. The van der Waals surface area contributed by atoms with Crippen molar-refractivity contribution < 1.29 is 27.4 Å². The van der Waals surface area contributed by atoms with E-state index in [-0.39, 0.29) is 35.6 Å². The predicted molar refractivity (Wildman–Crippen MR) is 133 cm³/mol. The summed E-state index contributed by atoms with van der Waals surface area (Å²) in [7, 11) is 1.69. The minimum atomic E-state index is -4.47. The van der Waals surface area contributed by atoms with Gasteiger partial charge >= 0.3 is 6.18 Å². The number of nitrogens with two attached hydrogens (primary N) is 1. The number of likely N-dealkylation sites (tertiary alicyclic amines) is 1. The third-order valence-electron chi connectivity index (χ3n) is 8.63. The van der Waals surface area contributed by atoms with Gasteiger partial charge in [-0.15, -0.1) is 0 Å². The first kappa shape index (κ1) is 26.6. The molecule has 37 heavy (non-hydrogen) atoms. The lowest BCUT2D eigenvalue weighted by atomic mass is 9.78. The zero-order valence-electron chi connectivity index (χ0n) is 20.9. The van der Waals surface area contributed by atoms with E-state index < -0.39 is 17.2 Å². The highest BCUT2D eigenvalue weighted by Gasteiger charge is 2.59. The Morgan fingerprint density at radius 3 is 2.95 bits per heavy atom. The summed E-state index contributed by atoms with van der Waals surface area (Å²) in [5.74, 6) is 0.364. The topological polar surface area (TPSA) is 92.9 Å². The van der Waals surface area contributed by atoms with Gasteiger partial charge in [0.25, 0.3) is 0 Å². The standard InChI is InChI=1S/C25H34F3N5O3S/c1-35-21-13-36-5-3-20(21)30-9-15-6-18-12-33(23(29)37)14-24(18,8-15)22(34)32-4-2-19-16(11-32)7-17(10-31-19)25(26,27)28/h7,10,15,18,20-21,30H,2-6,8-9,11-14H2,1H3,(H2,29,37)/t15?,18-,20?,21?,24-/m0/s1. The first-order chi connectivity index (χ1) is 17.6. The van der Waals surface area contributed by atoms with Gasteiger partial charge in [0, 0.05) is 64.2 Å². The normalized spacial score (nSPS) is 31.8. The molecule has 5 atom stereocenters. The van der Waals surface area contributed by atoms with Crippen LogP contribution in [0.3, 0.4) is 0 Å². The minimum Gasteiger partial charge on any atom is -0.379 e. The van der Waals surface area contributed by atoms with Gasteiger partial charge < -0.3 is 30.3 Å². The van der Waals surface area contributed by atoms with Gasteiger partial charge in [0.15, 0.2) is 5.11 Å². The number of aromatic nitrogens is 1. The van der Waals surface area contributed by atoms with Crippen molar-refractivity contribution in [2.24, 2.45) is 23.0 Å². The smallest absolute Gasteiger partial charge is 0.379 e. The van der Waals surface area contributed by atoms with Crippen LogP contribution >= 0.6 is 12.2 Å². The van der Waals surface area contributed by atoms with E-state index in [2.05, 4.69) is 10.3 Å². The van der Waals surface area contributed by atoms with Crippen molar-refractivity contribution in [3.63, 3.8) is 0 Å². The highest BCUT2D eigenvalue weighted by molar-refractivity contribution is 7.80. The summed E-state index contributed by atoms with van der Waals surface area (Å²) in [6, 6.07) is 1.34. The zero-order chi connectivity index (χ0) is 26.4. The fourth-order valence-corrected chi connectivity index (χ4v) is 6.86. The molecule has 1 saturated carbocycles. The monoisotopic (exact) mass is 541 g/mol. The third-order valence-corrected chi connectivity index (χ3v) is 8.89. The number of halogens is 3. The molecule has 1 aromatic rings. The van der Waals surface area contributed by atoms with Gasteiger partial charge in [-0.05, 0) is 61.5 Å². The van der Waals surface area contributed by atoms with Crippen LogP contribution in [0.25, 0.3) is 0 Å². The van der Waals surface area contributed by atoms with Crippen molar-refractivity contribution in [2.45, 2.75) is 50.6 Å². The lowest BCUT2D eigenvalue weighted by Gasteiger charge is -2.37. The Hall–Kier alpha value is -2.02. The van der Waals surface area contributed by atoms with Crippen molar-refractivity contribution in [3.05, 3.63) is 29.1 Å². The average molecular weight is 542 g/mol. The summed E-state index contributed by atoms with van der Waals surface area (Å²) >= 11 is 5.25. The van der Waals surface area contributed by atoms with Gasteiger partial charge in [-0.25, -0.2) is 0 Å². The van der Waals surface area contributed by atoms with Gasteiger partial charge in [0.1, 0.15) is 0 Å². The molecule has 2 saturated heterocycles. The van der Waals surface area contributed by atoms with Crippen LogP contribution in [0.2, 0.25) is 0 Å². The highest BCUT2D eigenvalue weighted by atomic mass is 32.1. The molecule has 1 aromatic heterocycles. The van der Waals surface area contributed by atoms with Crippen molar-refractivity contribution in [2.75, 3.05) is 46.5 Å². The van der Waals surface area contributed by atoms with E-state index in [1.165, 1.54) is 0 Å². The van der Waals surface area contributed by atoms with E-state index in [4.69, 9.17) is 27.4 Å². The number of carbonyl (C=O) groups is 1. The Morgan fingerprint density at radius 2 is 2.22 bits per heavy atom. The molecular formula is C25H34F3N5O3S. The Morgan fingerprint density at radius 1 is 1.41 bits per heavy atom. The van der Waals surface area contributed by atoms with E-state index in [0.29, 0.717) is 62.9 Å². The van der Waals surface area contributed by atoms with E-state index in [9.17, 15) is 18.0 Å². The molecular weight excluding hydrogens is 507 g/mol. The number of carbonyl (C=O) groups excluding carboxylic acids is 1. The van der Waals surface area contributed by atoms with Crippen LogP contribution in [0.15, 0.2) is 12.3 Å². The second-order valence-electron chi connectivity index (χ2n) is 10.8. The molecule has 0 spiro atoms. The summed E-state index contributed by atoms with van der Waals surface area (Å²) in [6.45, 7) is 3.67. The number of methoxy groups -OCH3 is 1. The van der Waals surface area contributed by atoms with Gasteiger partial charge in [-0.1, -0.05) is 0 Å². The molecule has 3 N–H and O–H groups in total. The molecule has 3 fully saturated rings. The third kappa shape index (κ3) is 5.17. The Bertz CT molecular complexity index is 1040. The van der Waals surface area contributed by atoms with Gasteiger partial charge in [0.05, 0.1) is 23.7 Å². The number of hydrogen-bond acceptors (Lipinski definition) is 6. The Labute approximate surface area is 220 Å². The van der Waals surface area contributed by atoms with Crippen LogP contribution in [0.1, 0.15) is 36.1 Å². The highest BCUT2D eigenvalue weighted by Crippen LogP contribution is 2.52. The molecule has 1 amide bonds. The van der Waals surface area contributed by atoms with Crippen molar-refractivity contribution in [3.8, 4) is 0 Å². The molecule has 3 unspecified atom stereocenters. The zero-order valence-corrected chi connectivity index (χ0v) is 21.7. The molecule has 0 bridgehead atoms. The molecule has 1 aliphatic carbocycles. The molecule has 12 heteroatoms. The quantitative estimate of drug-likeness (QED) is 0.547. The van der Waals surface area contributed by atoms with Gasteiger partial charge in [0.2, 0.25) is 5.91 Å². The van der Waals surface area contributed by atoms with E-state index in [0.717, 1.165) is 31.6 Å². The number of amides is 1. The number of hydrogen-bond donors (Lipinski definition) is 2. The van der Waals surface area contributed by atoms with E-state index in [1.54, 1.807) is 12.0 Å². The fraction of sp³-hybridized carbons (Fsp3) is 0.720. The molecule has 5 rings (SSSR count). The largest absolute Gasteiger partial charge is 0.417 e. The predicted octanol–water partition coefficient (Wildman–Crippen LogP) is 1.95. The minimum absolute atomic E-state index is 0.000956. The average Bonchev–Trinajstić information content (AvgIpc) is 3.41. The maximum Gasteiger partial charge on any atom is 0.417 e. The van der Waals surface area contributed by atoms with Crippen LogP contribution in [-0.2, 0) is 33.4 Å². The number of pyridine rings is 1. The number of nitrogens with one attached hydrogen (secondary N) is 1. The summed E-state index contributed by atoms with van der Waals surface area (Å²) in [5.41, 5.74) is 5.61. The first-order valence-corrected chi connectivity index (χ1v) is 13.2. The van der Waals surface area contributed by atoms with Crippen LogP contribution < -0.4 is 11.1 Å². The number of ether oxygens (including phenoxy) is 2. The van der Waals surface area contributed by atoms with Crippen LogP contribution in [0.5, 0.6) is 0 Å². The maximum atomic E-state index is 14.1. The van der Waals surface area contributed by atoms with Crippen LogP contribution in [-0.4, -0.2) is 84.5 Å². The Balaban J connectivity index is 1.32. The van der Waals surface area contributed by atoms with Gasteiger partial charge in [-0.2, -0.15) is 13.2 Å². The van der Waals surface area contributed by atoms with Crippen LogP contribution in [0, 0.1) is 17.3 Å². The second-order valence-corrected chi connectivity index (χ2v) is 11.3. The van der Waals surface area contributed by atoms with Crippen LogP contribution in [0.4, 0.5) is 13.2 Å². The van der Waals surface area contributed by atoms with Crippen molar-refractivity contribution >= 4 is 23.2 Å². The van der Waals surface area contributed by atoms with E-state index in [1.807, 2.05) is 4.90 Å². The number of nitrogens with zero attached hydrogens (tertiary/aromatic N) is 3. The molecule has 8 nitrogen and oxygen atoms in total. The first-order valence-electron chi connectivity index (χ1n) is 12.8. The number of thiocarbonyl (C=S) groups is 1. The summed E-state index contributed by atoms with van der Waals surface area (Å²) < 4.78 is 50.9. The maximum absolute atomic E-state index is 14.1. The molecule has 204 valence electrons. The molecule has 4 aliphatic rings. The molecule has 0 aromatic carbocycles. The number of alkyl halides is 3. The SMILES string of the molecule is COC1COCCC1NCC1C[C@H]2CN(C(N)=S)C[C@@]2(C(=O)N2CCc3ncc(C(F)(F)F)cc3C2)C1.